The molecule has 0 radical (unpaired) electrons. The molecule has 1 rings (SSSR count). The van der Waals surface area contributed by atoms with Crippen molar-refractivity contribution in [3.05, 3.63) is 29.8 Å². The first-order valence-electron chi connectivity index (χ1n) is 5.79. The van der Waals surface area contributed by atoms with Crippen LogP contribution in [0.15, 0.2) is 18.2 Å². The molecule has 2 N–H and O–H groups in total. The van der Waals surface area contributed by atoms with Gasteiger partial charge in [-0.05, 0) is 32.9 Å². The fourth-order valence-electron chi connectivity index (χ4n) is 1.27. The van der Waals surface area contributed by atoms with E-state index in [1.807, 2.05) is 20.8 Å². The van der Waals surface area contributed by atoms with Gasteiger partial charge in [-0.1, -0.05) is 6.07 Å². The first-order chi connectivity index (χ1) is 8.29. The molecule has 3 nitrogen and oxygen atoms in total. The van der Waals surface area contributed by atoms with Gasteiger partial charge in [0.15, 0.2) is 11.6 Å². The number of ether oxygens (including phenoxy) is 1. The molecule has 0 saturated carbocycles. The number of hydrogen-bond donors (Lipinski definition) is 2. The molecular formula is C13H19F2NO2. The molecule has 1 aromatic rings. The molecule has 0 heterocycles. The Kier molecular flexibility index (Phi) is 5.04. The third-order valence-electron chi connectivity index (χ3n) is 2.19. The molecule has 18 heavy (non-hydrogen) atoms. The number of benzene rings is 1. The second-order valence-corrected chi connectivity index (χ2v) is 5.06. The first-order valence-corrected chi connectivity index (χ1v) is 5.79. The quantitative estimate of drug-likeness (QED) is 0.854. The number of anilines is 1. The molecule has 102 valence electrons. The highest BCUT2D eigenvalue weighted by Gasteiger charge is 2.14. The van der Waals surface area contributed by atoms with E-state index in [-0.39, 0.29) is 24.4 Å². The summed E-state index contributed by atoms with van der Waals surface area (Å²) >= 11 is 0. The van der Waals surface area contributed by atoms with E-state index in [0.717, 1.165) is 6.07 Å². The zero-order valence-electron chi connectivity index (χ0n) is 10.8. The van der Waals surface area contributed by atoms with Crippen molar-refractivity contribution < 1.29 is 18.6 Å². The van der Waals surface area contributed by atoms with E-state index in [1.165, 1.54) is 12.1 Å². The molecule has 0 aliphatic heterocycles. The molecule has 5 heteroatoms. The predicted molar refractivity (Wildman–Crippen MR) is 66.6 cm³/mol. The maximum absolute atomic E-state index is 13.3. The van der Waals surface area contributed by atoms with Crippen LogP contribution in [0, 0.1) is 11.6 Å². The third kappa shape index (κ3) is 4.98. The Bertz CT molecular complexity index is 391. The predicted octanol–water partition coefficient (Wildman–Crippen LogP) is 2.55. The molecule has 0 spiro atoms. The van der Waals surface area contributed by atoms with E-state index >= 15 is 0 Å². The smallest absolute Gasteiger partial charge is 0.181 e. The summed E-state index contributed by atoms with van der Waals surface area (Å²) in [4.78, 5) is 0. The molecule has 0 aliphatic rings. The molecule has 0 fully saturated rings. The second-order valence-electron chi connectivity index (χ2n) is 5.06. The minimum Gasteiger partial charge on any atom is -0.389 e. The summed E-state index contributed by atoms with van der Waals surface area (Å²) in [5.41, 5.74) is -0.310. The van der Waals surface area contributed by atoms with Crippen molar-refractivity contribution in [3.63, 3.8) is 0 Å². The van der Waals surface area contributed by atoms with Crippen LogP contribution in [0.3, 0.4) is 0 Å². The maximum atomic E-state index is 13.3. The number of aliphatic hydroxyl groups excluding tert-OH is 1. The van der Waals surface area contributed by atoms with Gasteiger partial charge >= 0.3 is 0 Å². The van der Waals surface area contributed by atoms with E-state index in [9.17, 15) is 13.9 Å². The summed E-state index contributed by atoms with van der Waals surface area (Å²) in [6, 6.07) is 3.86. The molecule has 1 unspecified atom stereocenters. The Labute approximate surface area is 106 Å². The van der Waals surface area contributed by atoms with Gasteiger partial charge in [-0.25, -0.2) is 8.78 Å². The van der Waals surface area contributed by atoms with E-state index in [4.69, 9.17) is 4.74 Å². The molecule has 0 bridgehead atoms. The Morgan fingerprint density at radius 3 is 2.61 bits per heavy atom. The van der Waals surface area contributed by atoms with Crippen molar-refractivity contribution in [3.8, 4) is 0 Å². The number of halogens is 2. The highest BCUT2D eigenvalue weighted by Crippen LogP contribution is 2.16. The lowest BCUT2D eigenvalue weighted by Crippen LogP contribution is -2.30. The van der Waals surface area contributed by atoms with Crippen LogP contribution in [0.2, 0.25) is 0 Å². The van der Waals surface area contributed by atoms with Gasteiger partial charge in [-0.15, -0.1) is 0 Å². The summed E-state index contributed by atoms with van der Waals surface area (Å²) in [7, 11) is 0. The van der Waals surface area contributed by atoms with Crippen LogP contribution >= 0.6 is 0 Å². The Hall–Kier alpha value is -1.20. The fraction of sp³-hybridized carbons (Fsp3) is 0.538. The highest BCUT2D eigenvalue weighted by molar-refractivity contribution is 5.44. The normalized spacial score (nSPS) is 13.4. The van der Waals surface area contributed by atoms with Crippen LogP contribution in [-0.4, -0.2) is 30.0 Å². The van der Waals surface area contributed by atoms with Gasteiger partial charge in [-0.2, -0.15) is 0 Å². The van der Waals surface area contributed by atoms with Crippen LogP contribution in [-0.2, 0) is 4.74 Å². The molecule has 0 saturated heterocycles. The van der Waals surface area contributed by atoms with Gasteiger partial charge in [0.1, 0.15) is 0 Å². The summed E-state index contributed by atoms with van der Waals surface area (Å²) in [6.07, 6.45) is -0.785. The molecule has 0 aromatic heterocycles. The van der Waals surface area contributed by atoms with E-state index < -0.39 is 17.7 Å². The zero-order valence-corrected chi connectivity index (χ0v) is 10.8. The van der Waals surface area contributed by atoms with Crippen molar-refractivity contribution in [1.82, 2.24) is 0 Å². The maximum Gasteiger partial charge on any atom is 0.181 e. The molecule has 0 aliphatic carbocycles. The van der Waals surface area contributed by atoms with E-state index in [1.54, 1.807) is 0 Å². The van der Waals surface area contributed by atoms with E-state index in [0.29, 0.717) is 0 Å². The van der Waals surface area contributed by atoms with Gasteiger partial charge in [-0.3, -0.25) is 0 Å². The van der Waals surface area contributed by atoms with Gasteiger partial charge in [0.25, 0.3) is 0 Å². The summed E-state index contributed by atoms with van der Waals surface area (Å²) in [5.74, 6) is -1.86. The molecule has 1 aromatic carbocycles. The van der Waals surface area contributed by atoms with Crippen molar-refractivity contribution >= 4 is 5.69 Å². The minimum atomic E-state index is -0.943. The lowest BCUT2D eigenvalue weighted by molar-refractivity contribution is -0.0449. The monoisotopic (exact) mass is 259 g/mol. The SMILES string of the molecule is CC(C)(C)OCC(O)CNc1cccc(F)c1F. The molecule has 0 amide bonds. The number of hydrogen-bond acceptors (Lipinski definition) is 3. The van der Waals surface area contributed by atoms with E-state index in [2.05, 4.69) is 5.32 Å². The molecule has 1 atom stereocenters. The van der Waals surface area contributed by atoms with Gasteiger partial charge in [0.05, 0.1) is 24.0 Å². The number of aliphatic hydroxyl groups is 1. The van der Waals surface area contributed by atoms with Crippen molar-refractivity contribution in [1.29, 1.82) is 0 Å². The van der Waals surface area contributed by atoms with Crippen LogP contribution in [0.25, 0.3) is 0 Å². The Morgan fingerprint density at radius 2 is 2.00 bits per heavy atom. The lowest BCUT2D eigenvalue weighted by Gasteiger charge is -2.22. The van der Waals surface area contributed by atoms with Gasteiger partial charge in [0.2, 0.25) is 0 Å². The van der Waals surface area contributed by atoms with Crippen molar-refractivity contribution in [2.75, 3.05) is 18.5 Å². The third-order valence-corrected chi connectivity index (χ3v) is 2.19. The summed E-state index contributed by atoms with van der Waals surface area (Å²) < 4.78 is 31.6. The topological polar surface area (TPSA) is 41.5 Å². The summed E-state index contributed by atoms with van der Waals surface area (Å²) in [5, 5.41) is 12.3. The Balaban J connectivity index is 2.43. The lowest BCUT2D eigenvalue weighted by atomic mass is 10.2. The summed E-state index contributed by atoms with van der Waals surface area (Å²) in [6.45, 7) is 5.85. The van der Waals surface area contributed by atoms with Crippen LogP contribution < -0.4 is 5.32 Å². The van der Waals surface area contributed by atoms with Crippen molar-refractivity contribution in [2.45, 2.75) is 32.5 Å². The van der Waals surface area contributed by atoms with Gasteiger partial charge in [0, 0.05) is 6.54 Å². The average Bonchev–Trinajstić information content (AvgIpc) is 2.27. The number of rotatable bonds is 5. The van der Waals surface area contributed by atoms with Gasteiger partial charge < -0.3 is 15.2 Å². The first kappa shape index (κ1) is 14.9. The zero-order chi connectivity index (χ0) is 13.8. The average molecular weight is 259 g/mol. The largest absolute Gasteiger partial charge is 0.389 e. The van der Waals surface area contributed by atoms with Crippen molar-refractivity contribution in [2.24, 2.45) is 0 Å². The Morgan fingerprint density at radius 1 is 1.33 bits per heavy atom. The molecular weight excluding hydrogens is 240 g/mol. The van der Waals surface area contributed by atoms with Crippen LogP contribution in [0.5, 0.6) is 0 Å². The minimum absolute atomic E-state index is 0.0322. The van der Waals surface area contributed by atoms with Crippen LogP contribution in [0.1, 0.15) is 20.8 Å². The fourth-order valence-corrected chi connectivity index (χ4v) is 1.27. The standard InChI is InChI=1S/C13H19F2NO2/c1-13(2,3)18-8-9(17)7-16-11-6-4-5-10(14)12(11)15/h4-6,9,16-17H,7-8H2,1-3H3. The highest BCUT2D eigenvalue weighted by atomic mass is 19.2. The second kappa shape index (κ2) is 6.11. The van der Waals surface area contributed by atoms with Crippen LogP contribution in [0.4, 0.5) is 14.5 Å². The number of nitrogens with one attached hydrogen (secondary N) is 1.